The highest BCUT2D eigenvalue weighted by atomic mass is 16.6. The molecular weight excluding hydrogens is 284 g/mol. The number of aliphatic hydroxyl groups excluding tert-OH is 1. The van der Waals surface area contributed by atoms with Gasteiger partial charge in [-0.25, -0.2) is 0 Å². The van der Waals surface area contributed by atoms with Crippen molar-refractivity contribution in [3.8, 4) is 0 Å². The summed E-state index contributed by atoms with van der Waals surface area (Å²) in [7, 11) is 0. The van der Waals surface area contributed by atoms with Gasteiger partial charge >= 0.3 is 0 Å². The van der Waals surface area contributed by atoms with E-state index in [2.05, 4.69) is 19.2 Å². The van der Waals surface area contributed by atoms with Crippen LogP contribution in [0.15, 0.2) is 18.2 Å². The molecule has 0 spiro atoms. The average molecular weight is 308 g/mol. The fourth-order valence-corrected chi connectivity index (χ4v) is 2.48. The topological polar surface area (TPSA) is 92.5 Å². The van der Waals surface area contributed by atoms with Gasteiger partial charge in [0.2, 0.25) is 0 Å². The molecule has 0 saturated heterocycles. The zero-order chi connectivity index (χ0) is 16.7. The second-order valence-electron chi connectivity index (χ2n) is 6.00. The minimum absolute atomic E-state index is 0.0673. The number of carbonyl (C=O) groups excluding carboxylic acids is 1. The number of aliphatic hydroxyl groups is 1. The maximum atomic E-state index is 12.2. The van der Waals surface area contributed by atoms with Crippen molar-refractivity contribution < 1.29 is 14.8 Å². The Morgan fingerprint density at radius 2 is 2.09 bits per heavy atom. The van der Waals surface area contributed by atoms with Crippen molar-refractivity contribution in [1.82, 2.24) is 5.32 Å². The summed E-state index contributed by atoms with van der Waals surface area (Å²) in [4.78, 5) is 22.7. The fraction of sp³-hybridized carbons (Fsp3) is 0.562. The minimum Gasteiger partial charge on any atom is -0.396 e. The number of nitrogens with zero attached hydrogens (tertiary/aromatic N) is 1. The van der Waals surface area contributed by atoms with E-state index in [1.807, 2.05) is 0 Å². The van der Waals surface area contributed by atoms with Crippen molar-refractivity contribution in [3.63, 3.8) is 0 Å². The molecule has 0 heterocycles. The number of nitro benzene ring substituents is 1. The van der Waals surface area contributed by atoms with Gasteiger partial charge in [-0.05, 0) is 43.2 Å². The molecule has 1 rings (SSSR count). The quantitative estimate of drug-likeness (QED) is 0.570. The van der Waals surface area contributed by atoms with Gasteiger partial charge in [0.05, 0.1) is 4.92 Å². The zero-order valence-corrected chi connectivity index (χ0v) is 13.3. The number of nitro groups is 1. The molecule has 1 amide bonds. The van der Waals surface area contributed by atoms with Crippen LogP contribution >= 0.6 is 0 Å². The molecule has 0 bridgehead atoms. The molecule has 1 unspecified atom stereocenters. The lowest BCUT2D eigenvalue weighted by Gasteiger charge is -2.18. The van der Waals surface area contributed by atoms with Gasteiger partial charge in [-0.3, -0.25) is 14.9 Å². The van der Waals surface area contributed by atoms with E-state index in [-0.39, 0.29) is 23.8 Å². The standard InChI is InChI=1S/C16H24N2O4/c1-11(2)8-13(6-7-19)10-17-16(20)14-9-12(3)4-5-15(14)18(21)22/h4-5,9,11,13,19H,6-8,10H2,1-3H3,(H,17,20). The second kappa shape index (κ2) is 8.48. The van der Waals surface area contributed by atoms with Gasteiger partial charge < -0.3 is 10.4 Å². The third-order valence-corrected chi connectivity index (χ3v) is 3.49. The van der Waals surface area contributed by atoms with Crippen LogP contribution in [0.3, 0.4) is 0 Å². The molecule has 0 radical (unpaired) electrons. The first-order valence-corrected chi connectivity index (χ1v) is 7.49. The number of aryl methyl sites for hydroxylation is 1. The number of hydrogen-bond acceptors (Lipinski definition) is 4. The number of benzene rings is 1. The molecule has 6 nitrogen and oxygen atoms in total. The van der Waals surface area contributed by atoms with Crippen molar-refractivity contribution in [2.24, 2.45) is 11.8 Å². The van der Waals surface area contributed by atoms with Crippen LogP contribution in [0.2, 0.25) is 0 Å². The summed E-state index contributed by atoms with van der Waals surface area (Å²) in [6, 6.07) is 4.49. The Bertz CT molecular complexity index is 529. The van der Waals surface area contributed by atoms with Crippen molar-refractivity contribution >= 4 is 11.6 Å². The van der Waals surface area contributed by atoms with Crippen LogP contribution in [-0.4, -0.2) is 29.1 Å². The Morgan fingerprint density at radius 1 is 1.41 bits per heavy atom. The molecule has 2 N–H and O–H groups in total. The Hall–Kier alpha value is -1.95. The van der Waals surface area contributed by atoms with Crippen LogP contribution in [0.25, 0.3) is 0 Å². The van der Waals surface area contributed by atoms with E-state index >= 15 is 0 Å². The molecular formula is C16H24N2O4. The van der Waals surface area contributed by atoms with Gasteiger partial charge in [-0.15, -0.1) is 0 Å². The van der Waals surface area contributed by atoms with Crippen LogP contribution in [0.5, 0.6) is 0 Å². The third kappa shape index (κ3) is 5.44. The minimum atomic E-state index is -0.548. The lowest BCUT2D eigenvalue weighted by atomic mass is 9.94. The van der Waals surface area contributed by atoms with Gasteiger partial charge in [0.15, 0.2) is 0 Å². The Kier molecular flexibility index (Phi) is 6.98. The van der Waals surface area contributed by atoms with Crippen LogP contribution in [-0.2, 0) is 0 Å². The second-order valence-corrected chi connectivity index (χ2v) is 6.00. The number of nitrogens with one attached hydrogen (secondary N) is 1. The molecule has 1 aromatic carbocycles. The summed E-state index contributed by atoms with van der Waals surface area (Å²) >= 11 is 0. The van der Waals surface area contributed by atoms with E-state index in [1.54, 1.807) is 13.0 Å². The van der Waals surface area contributed by atoms with Crippen molar-refractivity contribution in [3.05, 3.63) is 39.4 Å². The molecule has 0 saturated carbocycles. The number of hydrogen-bond donors (Lipinski definition) is 2. The maximum Gasteiger partial charge on any atom is 0.282 e. The van der Waals surface area contributed by atoms with Gasteiger partial charge in [-0.2, -0.15) is 0 Å². The average Bonchev–Trinajstić information content (AvgIpc) is 2.43. The van der Waals surface area contributed by atoms with Gasteiger partial charge in [0.25, 0.3) is 11.6 Å². The molecule has 122 valence electrons. The summed E-state index contributed by atoms with van der Waals surface area (Å²) in [5.41, 5.74) is 0.688. The summed E-state index contributed by atoms with van der Waals surface area (Å²) < 4.78 is 0. The first-order valence-electron chi connectivity index (χ1n) is 7.49. The molecule has 0 fully saturated rings. The van der Waals surface area contributed by atoms with Gasteiger partial charge in [0, 0.05) is 19.2 Å². The van der Waals surface area contributed by atoms with Crippen molar-refractivity contribution in [1.29, 1.82) is 0 Å². The molecule has 1 aromatic rings. The fourth-order valence-electron chi connectivity index (χ4n) is 2.48. The highest BCUT2D eigenvalue weighted by molar-refractivity contribution is 5.98. The predicted molar refractivity (Wildman–Crippen MR) is 84.8 cm³/mol. The summed E-state index contributed by atoms with van der Waals surface area (Å²) in [6.45, 7) is 6.42. The SMILES string of the molecule is Cc1ccc([N+](=O)[O-])c(C(=O)NCC(CCO)CC(C)C)c1. The van der Waals surface area contributed by atoms with Crippen LogP contribution in [0.4, 0.5) is 5.69 Å². The first-order chi connectivity index (χ1) is 10.3. The zero-order valence-electron chi connectivity index (χ0n) is 13.3. The summed E-state index contributed by atoms with van der Waals surface area (Å²) in [5, 5.41) is 22.9. The number of rotatable bonds is 8. The summed E-state index contributed by atoms with van der Waals surface area (Å²) in [5.74, 6) is 0.182. The lowest BCUT2D eigenvalue weighted by Crippen LogP contribution is -2.31. The van der Waals surface area contributed by atoms with Gasteiger partial charge in [-0.1, -0.05) is 19.9 Å². The monoisotopic (exact) mass is 308 g/mol. The molecule has 1 atom stereocenters. The Balaban J connectivity index is 2.79. The van der Waals surface area contributed by atoms with Crippen molar-refractivity contribution in [2.45, 2.75) is 33.6 Å². The van der Waals surface area contributed by atoms with E-state index in [4.69, 9.17) is 5.11 Å². The molecule has 0 aliphatic carbocycles. The third-order valence-electron chi connectivity index (χ3n) is 3.49. The highest BCUT2D eigenvalue weighted by Crippen LogP contribution is 2.20. The number of carbonyl (C=O) groups is 1. The van der Waals surface area contributed by atoms with E-state index in [9.17, 15) is 14.9 Å². The molecule has 0 aromatic heterocycles. The normalized spacial score (nSPS) is 12.2. The molecule has 0 aliphatic heterocycles. The van der Waals surface area contributed by atoms with Crippen LogP contribution < -0.4 is 5.32 Å². The molecule has 6 heteroatoms. The van der Waals surface area contributed by atoms with E-state index in [0.717, 1.165) is 12.0 Å². The van der Waals surface area contributed by atoms with E-state index in [0.29, 0.717) is 18.9 Å². The molecule has 0 aliphatic rings. The first kappa shape index (κ1) is 18.1. The Labute approximate surface area is 130 Å². The predicted octanol–water partition coefficient (Wildman–Crippen LogP) is 2.68. The van der Waals surface area contributed by atoms with Crippen molar-refractivity contribution in [2.75, 3.05) is 13.2 Å². The lowest BCUT2D eigenvalue weighted by molar-refractivity contribution is -0.385. The smallest absolute Gasteiger partial charge is 0.282 e. The highest BCUT2D eigenvalue weighted by Gasteiger charge is 2.21. The maximum absolute atomic E-state index is 12.2. The van der Waals surface area contributed by atoms with E-state index in [1.165, 1.54) is 12.1 Å². The molecule has 22 heavy (non-hydrogen) atoms. The van der Waals surface area contributed by atoms with E-state index < -0.39 is 10.8 Å². The van der Waals surface area contributed by atoms with Crippen LogP contribution in [0, 0.1) is 28.9 Å². The van der Waals surface area contributed by atoms with Gasteiger partial charge in [0.1, 0.15) is 5.56 Å². The number of amides is 1. The Morgan fingerprint density at radius 3 is 2.64 bits per heavy atom. The summed E-state index contributed by atoms with van der Waals surface area (Å²) in [6.07, 6.45) is 1.49. The van der Waals surface area contributed by atoms with Crippen LogP contribution in [0.1, 0.15) is 42.6 Å². The largest absolute Gasteiger partial charge is 0.396 e.